The highest BCUT2D eigenvalue weighted by atomic mass is 32.2. The molecule has 2 aliphatic rings. The molecule has 2 bridgehead atoms. The van der Waals surface area contributed by atoms with Crippen molar-refractivity contribution in [2.75, 3.05) is 5.75 Å². The number of ether oxygens (including phenoxy) is 2. The average molecular weight is 304 g/mol. The molecule has 1 N–H and O–H groups in total. The smallest absolute Gasteiger partial charge is 0.330 e. The third kappa shape index (κ3) is 3.57. The molecule has 4 unspecified atom stereocenters. The zero-order valence-electron chi connectivity index (χ0n) is 10.7. The van der Waals surface area contributed by atoms with Gasteiger partial charge >= 0.3 is 11.9 Å². The second kappa shape index (κ2) is 5.53. The van der Waals surface area contributed by atoms with Gasteiger partial charge in [0.15, 0.2) is 5.75 Å². The lowest BCUT2D eigenvalue weighted by molar-refractivity contribution is -0.154. The molecule has 0 spiro atoms. The summed E-state index contributed by atoms with van der Waals surface area (Å²) in [4.78, 5) is 22.5. The van der Waals surface area contributed by atoms with Gasteiger partial charge < -0.3 is 9.47 Å². The van der Waals surface area contributed by atoms with Gasteiger partial charge in [0.25, 0.3) is 10.1 Å². The number of fused-ring (bicyclic) bond motifs is 2. The Kier molecular flexibility index (Phi) is 4.14. The van der Waals surface area contributed by atoms with E-state index in [1.54, 1.807) is 0 Å². The summed E-state index contributed by atoms with van der Waals surface area (Å²) in [7, 11) is -4.36. The van der Waals surface area contributed by atoms with Crippen molar-refractivity contribution in [3.63, 3.8) is 0 Å². The summed E-state index contributed by atoms with van der Waals surface area (Å²) in [5.74, 6) is -2.27. The van der Waals surface area contributed by atoms with Crippen LogP contribution in [0, 0.1) is 11.8 Å². The molecule has 0 aromatic rings. The normalized spacial score (nSPS) is 31.9. The molecule has 0 aromatic carbocycles. The van der Waals surface area contributed by atoms with E-state index in [1.807, 2.05) is 0 Å². The molecule has 0 heterocycles. The lowest BCUT2D eigenvalue weighted by atomic mass is 9.95. The van der Waals surface area contributed by atoms with Crippen LogP contribution in [-0.4, -0.2) is 42.9 Å². The molecule has 4 atom stereocenters. The Morgan fingerprint density at radius 2 is 1.70 bits per heavy atom. The van der Waals surface area contributed by atoms with Gasteiger partial charge in [-0.25, -0.2) is 4.79 Å². The van der Waals surface area contributed by atoms with Crippen LogP contribution in [0.15, 0.2) is 12.7 Å². The molecule has 2 aliphatic carbocycles. The van der Waals surface area contributed by atoms with Crippen LogP contribution in [0.3, 0.4) is 0 Å². The summed E-state index contributed by atoms with van der Waals surface area (Å²) in [5, 5.41) is 0. The van der Waals surface area contributed by atoms with E-state index in [4.69, 9.17) is 14.0 Å². The zero-order valence-corrected chi connectivity index (χ0v) is 11.5. The van der Waals surface area contributed by atoms with Gasteiger partial charge in [0.2, 0.25) is 0 Å². The Balaban J connectivity index is 1.84. The van der Waals surface area contributed by atoms with Crippen molar-refractivity contribution in [2.24, 2.45) is 11.8 Å². The Bertz CT molecular complexity index is 524. The first-order valence-electron chi connectivity index (χ1n) is 6.26. The van der Waals surface area contributed by atoms with E-state index in [0.717, 1.165) is 12.5 Å². The maximum atomic E-state index is 11.3. The Hall–Kier alpha value is -1.41. The van der Waals surface area contributed by atoms with Gasteiger partial charge in [-0.3, -0.25) is 9.35 Å². The molecule has 112 valence electrons. The predicted octanol–water partition coefficient (Wildman–Crippen LogP) is 0.314. The predicted molar refractivity (Wildman–Crippen MR) is 67.2 cm³/mol. The van der Waals surface area contributed by atoms with E-state index >= 15 is 0 Å². The molecule has 2 fully saturated rings. The van der Waals surface area contributed by atoms with E-state index in [1.165, 1.54) is 0 Å². The molecule has 20 heavy (non-hydrogen) atoms. The quantitative estimate of drug-likeness (QED) is 0.442. The summed E-state index contributed by atoms with van der Waals surface area (Å²) >= 11 is 0. The van der Waals surface area contributed by atoms with Crippen LogP contribution in [0.25, 0.3) is 0 Å². The topological polar surface area (TPSA) is 107 Å². The Morgan fingerprint density at radius 1 is 1.15 bits per heavy atom. The number of carbonyl (C=O) groups is 2. The van der Waals surface area contributed by atoms with Crippen molar-refractivity contribution in [1.29, 1.82) is 0 Å². The minimum absolute atomic E-state index is 0.0629. The first kappa shape index (κ1) is 15.0. The third-order valence-electron chi connectivity index (χ3n) is 3.74. The molecule has 7 nitrogen and oxygen atoms in total. The molecule has 0 aromatic heterocycles. The lowest BCUT2D eigenvalue weighted by Gasteiger charge is -2.27. The maximum Gasteiger partial charge on any atom is 0.330 e. The summed E-state index contributed by atoms with van der Waals surface area (Å²) in [6, 6.07) is 0. The first-order valence-corrected chi connectivity index (χ1v) is 7.87. The van der Waals surface area contributed by atoms with Crippen LogP contribution in [0.1, 0.15) is 19.3 Å². The molecular weight excluding hydrogens is 288 g/mol. The van der Waals surface area contributed by atoms with Crippen molar-refractivity contribution >= 4 is 22.1 Å². The molecule has 8 heteroatoms. The molecule has 0 amide bonds. The first-order chi connectivity index (χ1) is 9.28. The summed E-state index contributed by atoms with van der Waals surface area (Å²) < 4.78 is 40.0. The number of hydrogen-bond donors (Lipinski definition) is 1. The SMILES string of the molecule is C=CC(=O)OC1CC2CC1CC2OC(=O)CS(=O)(=O)O. The van der Waals surface area contributed by atoms with E-state index in [9.17, 15) is 18.0 Å². The van der Waals surface area contributed by atoms with Crippen LogP contribution in [0.2, 0.25) is 0 Å². The summed E-state index contributed by atoms with van der Waals surface area (Å²) in [5.41, 5.74) is 0. The van der Waals surface area contributed by atoms with Gasteiger partial charge in [0.1, 0.15) is 12.2 Å². The van der Waals surface area contributed by atoms with Gasteiger partial charge in [-0.2, -0.15) is 8.42 Å². The molecule has 0 aliphatic heterocycles. The van der Waals surface area contributed by atoms with Gasteiger partial charge in [-0.05, 0) is 31.1 Å². The number of carbonyl (C=O) groups excluding carboxylic acids is 2. The Labute approximate surface area is 116 Å². The van der Waals surface area contributed by atoms with Crippen molar-refractivity contribution in [2.45, 2.75) is 31.5 Å². The molecule has 2 rings (SSSR count). The standard InChI is InChI=1S/C12H16O7S/c1-2-11(13)18-9-4-8-3-7(9)5-10(8)19-12(14)6-20(15,16)17/h2,7-10H,1,3-6H2,(H,15,16,17). The number of hydrogen-bond acceptors (Lipinski definition) is 6. The zero-order chi connectivity index (χ0) is 14.9. The molecule has 0 saturated heterocycles. The van der Waals surface area contributed by atoms with Gasteiger partial charge in [-0.15, -0.1) is 0 Å². The minimum Gasteiger partial charge on any atom is -0.461 e. The lowest BCUT2D eigenvalue weighted by Crippen LogP contribution is -2.33. The minimum atomic E-state index is -4.36. The van der Waals surface area contributed by atoms with E-state index in [-0.39, 0.29) is 24.0 Å². The van der Waals surface area contributed by atoms with Gasteiger partial charge in [0.05, 0.1) is 0 Å². The van der Waals surface area contributed by atoms with Crippen LogP contribution >= 0.6 is 0 Å². The average Bonchev–Trinajstić information content (AvgIpc) is 2.85. The van der Waals surface area contributed by atoms with E-state index < -0.39 is 27.8 Å². The Morgan fingerprint density at radius 3 is 2.15 bits per heavy atom. The fourth-order valence-corrected chi connectivity index (χ4v) is 3.37. The maximum absolute atomic E-state index is 11.3. The highest BCUT2D eigenvalue weighted by Gasteiger charge is 2.49. The summed E-state index contributed by atoms with van der Waals surface area (Å²) in [6.45, 7) is 3.33. The largest absolute Gasteiger partial charge is 0.461 e. The highest BCUT2D eigenvalue weighted by molar-refractivity contribution is 7.86. The van der Waals surface area contributed by atoms with Crippen LogP contribution in [-0.2, 0) is 29.2 Å². The van der Waals surface area contributed by atoms with Crippen LogP contribution in [0.5, 0.6) is 0 Å². The highest BCUT2D eigenvalue weighted by Crippen LogP contribution is 2.47. The van der Waals surface area contributed by atoms with Crippen molar-refractivity contribution in [1.82, 2.24) is 0 Å². The van der Waals surface area contributed by atoms with Crippen LogP contribution in [0.4, 0.5) is 0 Å². The third-order valence-corrected chi connectivity index (χ3v) is 4.34. The number of rotatable bonds is 5. The fraction of sp³-hybridized carbons (Fsp3) is 0.667. The van der Waals surface area contributed by atoms with Gasteiger partial charge in [-0.1, -0.05) is 6.58 Å². The monoisotopic (exact) mass is 304 g/mol. The second-order valence-electron chi connectivity index (χ2n) is 5.16. The fourth-order valence-electron chi connectivity index (χ4n) is 3.01. The molecule has 0 radical (unpaired) electrons. The molecular formula is C12H16O7S. The van der Waals surface area contributed by atoms with Crippen LogP contribution < -0.4 is 0 Å². The van der Waals surface area contributed by atoms with Crippen molar-refractivity contribution in [3.05, 3.63) is 12.7 Å². The van der Waals surface area contributed by atoms with Gasteiger partial charge in [0, 0.05) is 6.08 Å². The van der Waals surface area contributed by atoms with E-state index in [2.05, 4.69) is 6.58 Å². The second-order valence-corrected chi connectivity index (χ2v) is 6.61. The van der Waals surface area contributed by atoms with Crippen molar-refractivity contribution in [3.8, 4) is 0 Å². The number of esters is 2. The van der Waals surface area contributed by atoms with Crippen molar-refractivity contribution < 1.29 is 32.0 Å². The van der Waals surface area contributed by atoms with E-state index in [0.29, 0.717) is 12.8 Å². The molecule has 2 saturated carbocycles. The summed E-state index contributed by atoms with van der Waals surface area (Å²) in [6.07, 6.45) is 2.45.